The topological polar surface area (TPSA) is 81.5 Å². The van der Waals surface area contributed by atoms with Crippen LogP contribution in [0, 0.1) is 0 Å². The zero-order valence-corrected chi connectivity index (χ0v) is 13.1. The van der Waals surface area contributed by atoms with Crippen molar-refractivity contribution in [2.45, 2.75) is 0 Å². The molecule has 1 N–H and O–H groups in total. The molecule has 0 saturated carbocycles. The van der Waals surface area contributed by atoms with Gasteiger partial charge < -0.3 is 14.5 Å². The van der Waals surface area contributed by atoms with Crippen LogP contribution in [0.1, 0.15) is 0 Å². The quantitative estimate of drug-likeness (QED) is 0.625. The highest BCUT2D eigenvalue weighted by Gasteiger charge is 2.14. The fourth-order valence-electron chi connectivity index (χ4n) is 2.67. The highest BCUT2D eigenvalue weighted by Crippen LogP contribution is 2.26. The van der Waals surface area contributed by atoms with Gasteiger partial charge in [-0.25, -0.2) is 9.78 Å². The van der Waals surface area contributed by atoms with Gasteiger partial charge in [-0.15, -0.1) is 5.10 Å². The van der Waals surface area contributed by atoms with Crippen LogP contribution in [0.25, 0.3) is 27.9 Å². The van der Waals surface area contributed by atoms with Gasteiger partial charge in [0.05, 0.1) is 19.7 Å². The Kier molecular flexibility index (Phi) is 3.19. The maximum Gasteiger partial charge on any atom is 0.348 e. The molecule has 0 aliphatic rings. The van der Waals surface area contributed by atoms with E-state index in [1.807, 2.05) is 36.4 Å². The molecule has 0 fully saturated rings. The van der Waals surface area contributed by atoms with Gasteiger partial charge in [0.15, 0.2) is 11.5 Å². The molecule has 120 valence electrons. The van der Waals surface area contributed by atoms with Crippen LogP contribution in [-0.2, 0) is 0 Å². The molecule has 0 saturated heterocycles. The van der Waals surface area contributed by atoms with Crippen LogP contribution in [0.2, 0.25) is 0 Å². The van der Waals surface area contributed by atoms with E-state index in [1.165, 1.54) is 4.52 Å². The lowest BCUT2D eigenvalue weighted by molar-refractivity contribution is 0.415. The third kappa shape index (κ3) is 2.10. The first-order chi connectivity index (χ1) is 11.7. The van der Waals surface area contributed by atoms with Crippen molar-refractivity contribution in [1.82, 2.24) is 19.6 Å². The molecule has 7 heteroatoms. The molecule has 7 nitrogen and oxygen atoms in total. The van der Waals surface area contributed by atoms with E-state index in [0.717, 1.165) is 16.7 Å². The number of H-pyrrole nitrogens is 1. The number of methoxy groups -OCH3 is 2. The Balaban J connectivity index is 1.98. The van der Waals surface area contributed by atoms with Crippen molar-refractivity contribution in [1.29, 1.82) is 0 Å². The summed E-state index contributed by atoms with van der Waals surface area (Å²) in [4.78, 5) is 19.7. The maximum atomic E-state index is 12.3. The van der Waals surface area contributed by atoms with Crippen LogP contribution in [0.5, 0.6) is 11.5 Å². The van der Waals surface area contributed by atoms with Crippen molar-refractivity contribution in [3.63, 3.8) is 0 Å². The van der Waals surface area contributed by atoms with Crippen molar-refractivity contribution < 1.29 is 9.47 Å². The van der Waals surface area contributed by atoms with E-state index in [0.29, 0.717) is 22.7 Å². The standard InChI is InChI=1S/C17H14N4O3/c1-23-11-8-6-10(7-9-11)15-19-16-12-4-3-5-13(24-2)14(12)18-17(22)21(16)20-15/h3-9H,1-2H3,(H,18,22). The van der Waals surface area contributed by atoms with Crippen molar-refractivity contribution in [3.8, 4) is 22.9 Å². The number of aromatic amines is 1. The van der Waals surface area contributed by atoms with Crippen molar-refractivity contribution >= 4 is 16.6 Å². The normalized spacial score (nSPS) is 11.1. The monoisotopic (exact) mass is 322 g/mol. The predicted molar refractivity (Wildman–Crippen MR) is 89.7 cm³/mol. The molecule has 0 bridgehead atoms. The molecular formula is C17H14N4O3. The lowest BCUT2D eigenvalue weighted by Crippen LogP contribution is -2.17. The van der Waals surface area contributed by atoms with Gasteiger partial charge in [-0.2, -0.15) is 4.52 Å². The smallest absolute Gasteiger partial charge is 0.348 e. The number of benzene rings is 2. The Morgan fingerprint density at radius 2 is 1.83 bits per heavy atom. The minimum atomic E-state index is -0.366. The summed E-state index contributed by atoms with van der Waals surface area (Å²) in [6.07, 6.45) is 0. The molecule has 2 aromatic carbocycles. The molecule has 4 aromatic rings. The third-order valence-corrected chi connectivity index (χ3v) is 3.87. The number of fused-ring (bicyclic) bond motifs is 3. The lowest BCUT2D eigenvalue weighted by atomic mass is 10.2. The second-order valence-electron chi connectivity index (χ2n) is 5.21. The van der Waals surface area contributed by atoms with E-state index in [2.05, 4.69) is 15.1 Å². The van der Waals surface area contributed by atoms with Gasteiger partial charge in [-0.1, -0.05) is 6.07 Å². The van der Waals surface area contributed by atoms with E-state index in [1.54, 1.807) is 20.3 Å². The average Bonchev–Trinajstić information content (AvgIpc) is 3.08. The lowest BCUT2D eigenvalue weighted by Gasteiger charge is -2.04. The van der Waals surface area contributed by atoms with Crippen LogP contribution in [0.4, 0.5) is 0 Å². The van der Waals surface area contributed by atoms with Gasteiger partial charge in [0.1, 0.15) is 11.5 Å². The molecule has 0 spiro atoms. The summed E-state index contributed by atoms with van der Waals surface area (Å²) >= 11 is 0. The highest BCUT2D eigenvalue weighted by atomic mass is 16.5. The van der Waals surface area contributed by atoms with Crippen molar-refractivity contribution in [2.75, 3.05) is 14.2 Å². The van der Waals surface area contributed by atoms with Gasteiger partial charge in [0.2, 0.25) is 0 Å². The van der Waals surface area contributed by atoms with Crippen LogP contribution in [0.15, 0.2) is 47.3 Å². The number of rotatable bonds is 3. The molecule has 2 aromatic heterocycles. The largest absolute Gasteiger partial charge is 0.497 e. The summed E-state index contributed by atoms with van der Waals surface area (Å²) in [5, 5.41) is 5.09. The number of para-hydroxylation sites is 1. The zero-order chi connectivity index (χ0) is 16.7. The summed E-state index contributed by atoms with van der Waals surface area (Å²) in [6, 6.07) is 12.9. The molecule has 2 heterocycles. The molecule has 0 radical (unpaired) electrons. The summed E-state index contributed by atoms with van der Waals surface area (Å²) in [5.41, 5.74) is 1.52. The van der Waals surface area contributed by atoms with Gasteiger partial charge in [-0.3, -0.25) is 0 Å². The Morgan fingerprint density at radius 3 is 2.54 bits per heavy atom. The zero-order valence-electron chi connectivity index (χ0n) is 13.1. The van der Waals surface area contributed by atoms with E-state index in [9.17, 15) is 4.79 Å². The number of hydrogen-bond acceptors (Lipinski definition) is 5. The summed E-state index contributed by atoms with van der Waals surface area (Å²) in [6.45, 7) is 0. The number of aromatic nitrogens is 4. The van der Waals surface area contributed by atoms with Crippen LogP contribution < -0.4 is 15.2 Å². The van der Waals surface area contributed by atoms with E-state index in [4.69, 9.17) is 9.47 Å². The Bertz CT molecular complexity index is 1100. The van der Waals surface area contributed by atoms with Gasteiger partial charge in [-0.05, 0) is 36.4 Å². The highest BCUT2D eigenvalue weighted by molar-refractivity contribution is 5.95. The maximum absolute atomic E-state index is 12.3. The minimum absolute atomic E-state index is 0.366. The molecule has 0 unspecified atom stereocenters. The van der Waals surface area contributed by atoms with Crippen LogP contribution in [-0.4, -0.2) is 33.8 Å². The minimum Gasteiger partial charge on any atom is -0.497 e. The first-order valence-electron chi connectivity index (χ1n) is 7.31. The molecule has 4 rings (SSSR count). The summed E-state index contributed by atoms with van der Waals surface area (Å²) in [7, 11) is 3.17. The Labute approximate surface area is 136 Å². The molecule has 0 amide bonds. The molecular weight excluding hydrogens is 308 g/mol. The SMILES string of the molecule is COc1ccc(-c2nc3c4cccc(OC)c4[nH]c(=O)n3n2)cc1. The Morgan fingerprint density at radius 1 is 1.04 bits per heavy atom. The first kappa shape index (κ1) is 14.3. The Hall–Kier alpha value is -3.35. The van der Waals surface area contributed by atoms with Crippen molar-refractivity contribution in [3.05, 3.63) is 52.9 Å². The average molecular weight is 322 g/mol. The van der Waals surface area contributed by atoms with Gasteiger partial charge in [0.25, 0.3) is 0 Å². The first-order valence-corrected chi connectivity index (χ1v) is 7.31. The number of nitrogens with zero attached hydrogens (tertiary/aromatic N) is 3. The van der Waals surface area contributed by atoms with Gasteiger partial charge >= 0.3 is 5.69 Å². The molecule has 0 atom stereocenters. The molecule has 0 aliphatic heterocycles. The van der Waals surface area contributed by atoms with Crippen molar-refractivity contribution in [2.24, 2.45) is 0 Å². The fraction of sp³-hybridized carbons (Fsp3) is 0.118. The summed E-state index contributed by atoms with van der Waals surface area (Å²) in [5.74, 6) is 1.80. The molecule has 24 heavy (non-hydrogen) atoms. The molecule has 0 aliphatic carbocycles. The number of nitrogens with one attached hydrogen (secondary N) is 1. The van der Waals surface area contributed by atoms with E-state index >= 15 is 0 Å². The van der Waals surface area contributed by atoms with Crippen LogP contribution in [0.3, 0.4) is 0 Å². The van der Waals surface area contributed by atoms with Gasteiger partial charge in [0, 0.05) is 10.9 Å². The predicted octanol–water partition coefficient (Wildman–Crippen LogP) is 2.25. The number of hydrogen-bond donors (Lipinski definition) is 1. The second kappa shape index (κ2) is 5.38. The van der Waals surface area contributed by atoms with E-state index < -0.39 is 0 Å². The van der Waals surface area contributed by atoms with Crippen LogP contribution >= 0.6 is 0 Å². The fourth-order valence-corrected chi connectivity index (χ4v) is 2.67. The second-order valence-corrected chi connectivity index (χ2v) is 5.21. The third-order valence-electron chi connectivity index (χ3n) is 3.87. The summed E-state index contributed by atoms with van der Waals surface area (Å²) < 4.78 is 11.7. The van der Waals surface area contributed by atoms with E-state index in [-0.39, 0.29) is 5.69 Å². The number of ether oxygens (including phenoxy) is 2.